The minimum Gasteiger partial charge on any atom is -0.381 e. The third kappa shape index (κ3) is 2.05. The van der Waals surface area contributed by atoms with E-state index in [4.69, 9.17) is 4.74 Å². The molecule has 13 heavy (non-hydrogen) atoms. The molecule has 2 heteroatoms. The Hall–Kier alpha value is -0.0800. The van der Waals surface area contributed by atoms with E-state index < -0.39 is 0 Å². The molecule has 0 bridgehead atoms. The minimum atomic E-state index is 0.795. The van der Waals surface area contributed by atoms with Crippen LogP contribution in [0.2, 0.25) is 0 Å². The van der Waals surface area contributed by atoms with Crippen LogP contribution in [0.3, 0.4) is 0 Å². The Balaban J connectivity index is 1.90. The van der Waals surface area contributed by atoms with Gasteiger partial charge in [0.05, 0.1) is 0 Å². The van der Waals surface area contributed by atoms with Crippen molar-refractivity contribution < 1.29 is 4.74 Å². The zero-order valence-electron chi connectivity index (χ0n) is 8.59. The SMILES string of the molecule is CCC1NCCC1C1CCOCC1. The van der Waals surface area contributed by atoms with Crippen molar-refractivity contribution in [3.63, 3.8) is 0 Å². The Morgan fingerprint density at radius 3 is 2.69 bits per heavy atom. The van der Waals surface area contributed by atoms with Crippen molar-refractivity contribution in [2.24, 2.45) is 11.8 Å². The number of nitrogens with one attached hydrogen (secondary N) is 1. The number of ether oxygens (including phenoxy) is 1. The van der Waals surface area contributed by atoms with Gasteiger partial charge in [-0.05, 0) is 44.1 Å². The third-order valence-corrected chi connectivity index (χ3v) is 3.71. The highest BCUT2D eigenvalue weighted by atomic mass is 16.5. The molecule has 2 saturated heterocycles. The summed E-state index contributed by atoms with van der Waals surface area (Å²) in [7, 11) is 0. The first kappa shape index (κ1) is 9.47. The molecule has 0 aromatic carbocycles. The first-order chi connectivity index (χ1) is 6.42. The molecule has 2 unspecified atom stereocenters. The van der Waals surface area contributed by atoms with Crippen molar-refractivity contribution in [1.82, 2.24) is 5.32 Å². The van der Waals surface area contributed by atoms with Crippen LogP contribution in [0.25, 0.3) is 0 Å². The maximum absolute atomic E-state index is 5.41. The molecular weight excluding hydrogens is 162 g/mol. The van der Waals surface area contributed by atoms with Gasteiger partial charge in [-0.3, -0.25) is 0 Å². The van der Waals surface area contributed by atoms with E-state index in [-0.39, 0.29) is 0 Å². The molecule has 2 heterocycles. The fourth-order valence-corrected chi connectivity index (χ4v) is 2.94. The smallest absolute Gasteiger partial charge is 0.0468 e. The Bertz CT molecular complexity index is 154. The van der Waals surface area contributed by atoms with Crippen LogP contribution in [0.15, 0.2) is 0 Å². The van der Waals surface area contributed by atoms with E-state index in [0.717, 1.165) is 31.1 Å². The summed E-state index contributed by atoms with van der Waals surface area (Å²) >= 11 is 0. The number of hydrogen-bond donors (Lipinski definition) is 1. The van der Waals surface area contributed by atoms with Gasteiger partial charge in [0.2, 0.25) is 0 Å². The molecule has 76 valence electrons. The summed E-state index contributed by atoms with van der Waals surface area (Å²) in [5, 5.41) is 3.61. The summed E-state index contributed by atoms with van der Waals surface area (Å²) in [5.74, 6) is 1.88. The first-order valence-corrected chi connectivity index (χ1v) is 5.73. The van der Waals surface area contributed by atoms with Crippen LogP contribution < -0.4 is 5.32 Å². The van der Waals surface area contributed by atoms with Gasteiger partial charge in [-0.15, -0.1) is 0 Å². The van der Waals surface area contributed by atoms with E-state index in [1.54, 1.807) is 0 Å². The van der Waals surface area contributed by atoms with Gasteiger partial charge in [-0.2, -0.15) is 0 Å². The molecule has 0 spiro atoms. The largest absolute Gasteiger partial charge is 0.381 e. The molecule has 2 fully saturated rings. The molecule has 0 amide bonds. The lowest BCUT2D eigenvalue weighted by atomic mass is 9.80. The fourth-order valence-electron chi connectivity index (χ4n) is 2.94. The fraction of sp³-hybridized carbons (Fsp3) is 1.00. The highest BCUT2D eigenvalue weighted by Gasteiger charge is 2.32. The van der Waals surface area contributed by atoms with E-state index in [1.165, 1.54) is 32.2 Å². The van der Waals surface area contributed by atoms with Gasteiger partial charge in [0.25, 0.3) is 0 Å². The van der Waals surface area contributed by atoms with Gasteiger partial charge in [-0.25, -0.2) is 0 Å². The Kier molecular flexibility index (Phi) is 3.23. The summed E-state index contributed by atoms with van der Waals surface area (Å²) in [5.41, 5.74) is 0. The van der Waals surface area contributed by atoms with Crippen LogP contribution in [-0.4, -0.2) is 25.8 Å². The van der Waals surface area contributed by atoms with Crippen molar-refractivity contribution in [2.75, 3.05) is 19.8 Å². The second-order valence-corrected chi connectivity index (χ2v) is 4.37. The van der Waals surface area contributed by atoms with E-state index in [9.17, 15) is 0 Å². The quantitative estimate of drug-likeness (QED) is 0.705. The van der Waals surface area contributed by atoms with Crippen molar-refractivity contribution in [3.05, 3.63) is 0 Å². The Morgan fingerprint density at radius 2 is 2.00 bits per heavy atom. The van der Waals surface area contributed by atoms with Crippen LogP contribution >= 0.6 is 0 Å². The Labute approximate surface area is 81.0 Å². The van der Waals surface area contributed by atoms with E-state index in [0.29, 0.717) is 0 Å². The third-order valence-electron chi connectivity index (χ3n) is 3.71. The second-order valence-electron chi connectivity index (χ2n) is 4.37. The molecule has 2 atom stereocenters. The highest BCUT2D eigenvalue weighted by Crippen LogP contribution is 2.32. The number of rotatable bonds is 2. The van der Waals surface area contributed by atoms with Gasteiger partial charge in [0.1, 0.15) is 0 Å². The molecule has 0 saturated carbocycles. The predicted octanol–water partition coefficient (Wildman–Crippen LogP) is 1.80. The lowest BCUT2D eigenvalue weighted by Crippen LogP contribution is -2.33. The van der Waals surface area contributed by atoms with Crippen molar-refractivity contribution in [3.8, 4) is 0 Å². The van der Waals surface area contributed by atoms with E-state index in [1.807, 2.05) is 0 Å². The summed E-state index contributed by atoms with van der Waals surface area (Å²) in [6.45, 7) is 5.53. The molecule has 0 radical (unpaired) electrons. The Morgan fingerprint density at radius 1 is 1.23 bits per heavy atom. The molecule has 2 rings (SSSR count). The summed E-state index contributed by atoms with van der Waals surface area (Å²) in [6, 6.07) is 0.795. The highest BCUT2D eigenvalue weighted by molar-refractivity contribution is 4.87. The van der Waals surface area contributed by atoms with Gasteiger partial charge in [0.15, 0.2) is 0 Å². The molecular formula is C11H21NO. The predicted molar refractivity (Wildman–Crippen MR) is 53.7 cm³/mol. The van der Waals surface area contributed by atoms with Crippen LogP contribution in [-0.2, 0) is 4.74 Å². The topological polar surface area (TPSA) is 21.3 Å². The average molecular weight is 183 g/mol. The van der Waals surface area contributed by atoms with Crippen molar-refractivity contribution in [2.45, 2.75) is 38.6 Å². The monoisotopic (exact) mass is 183 g/mol. The zero-order valence-corrected chi connectivity index (χ0v) is 8.59. The minimum absolute atomic E-state index is 0.795. The van der Waals surface area contributed by atoms with Gasteiger partial charge >= 0.3 is 0 Å². The van der Waals surface area contributed by atoms with Crippen molar-refractivity contribution >= 4 is 0 Å². The van der Waals surface area contributed by atoms with Crippen LogP contribution in [0.1, 0.15) is 32.6 Å². The molecule has 0 aromatic rings. The molecule has 0 aliphatic carbocycles. The number of hydrogen-bond acceptors (Lipinski definition) is 2. The van der Waals surface area contributed by atoms with Crippen LogP contribution in [0.5, 0.6) is 0 Å². The molecule has 2 aliphatic heterocycles. The van der Waals surface area contributed by atoms with Gasteiger partial charge < -0.3 is 10.1 Å². The van der Waals surface area contributed by atoms with Crippen molar-refractivity contribution in [1.29, 1.82) is 0 Å². The lowest BCUT2D eigenvalue weighted by molar-refractivity contribution is 0.0440. The molecule has 2 nitrogen and oxygen atoms in total. The molecule has 2 aliphatic rings. The maximum atomic E-state index is 5.41. The summed E-state index contributed by atoms with van der Waals surface area (Å²) in [6.07, 6.45) is 5.27. The molecule has 1 N–H and O–H groups in total. The van der Waals surface area contributed by atoms with Crippen LogP contribution in [0.4, 0.5) is 0 Å². The summed E-state index contributed by atoms with van der Waals surface area (Å²) < 4.78 is 5.41. The lowest BCUT2D eigenvalue weighted by Gasteiger charge is -2.30. The normalized spacial score (nSPS) is 36.7. The van der Waals surface area contributed by atoms with Gasteiger partial charge in [-0.1, -0.05) is 6.92 Å². The zero-order chi connectivity index (χ0) is 9.10. The van der Waals surface area contributed by atoms with E-state index >= 15 is 0 Å². The standard InChI is InChI=1S/C11H21NO/c1-2-11-10(3-6-12-11)9-4-7-13-8-5-9/h9-12H,2-8H2,1H3. The maximum Gasteiger partial charge on any atom is 0.0468 e. The first-order valence-electron chi connectivity index (χ1n) is 5.73. The van der Waals surface area contributed by atoms with Crippen LogP contribution in [0, 0.1) is 11.8 Å². The average Bonchev–Trinajstić information content (AvgIpc) is 2.67. The second kappa shape index (κ2) is 4.43. The van der Waals surface area contributed by atoms with Gasteiger partial charge in [0, 0.05) is 19.3 Å². The van der Waals surface area contributed by atoms with E-state index in [2.05, 4.69) is 12.2 Å². The molecule has 0 aromatic heterocycles. The summed E-state index contributed by atoms with van der Waals surface area (Å²) in [4.78, 5) is 0.